The Balaban J connectivity index is 1.91. The Hall–Kier alpha value is -2.02. The van der Waals surface area contributed by atoms with Crippen LogP contribution in [0, 0.1) is 11.3 Å². The van der Waals surface area contributed by atoms with Gasteiger partial charge in [-0.3, -0.25) is 5.32 Å². The summed E-state index contributed by atoms with van der Waals surface area (Å²) in [5.41, 5.74) is 10.5. The molecule has 5 nitrogen and oxygen atoms in total. The van der Waals surface area contributed by atoms with Gasteiger partial charge in [-0.25, -0.2) is 0 Å². The molecule has 19 heavy (non-hydrogen) atoms. The number of nitriles is 1. The third-order valence-corrected chi connectivity index (χ3v) is 3.27. The van der Waals surface area contributed by atoms with Crippen LogP contribution in [-0.4, -0.2) is 13.1 Å². The van der Waals surface area contributed by atoms with Gasteiger partial charge in [-0.1, -0.05) is 29.4 Å². The fourth-order valence-corrected chi connectivity index (χ4v) is 2.09. The van der Waals surface area contributed by atoms with Gasteiger partial charge in [-0.15, -0.1) is 0 Å². The van der Waals surface area contributed by atoms with Crippen molar-refractivity contribution in [2.45, 2.75) is 31.2 Å². The van der Waals surface area contributed by atoms with Crippen molar-refractivity contribution < 1.29 is 0 Å². The SMILES string of the molecule is N#CC(NCCCN=[N+]=[N-])c1cccc(C2CC2)c1. The standard InChI is InChI=1S/C14H17N5/c15-10-14(17-7-2-8-18-19-16)13-4-1-3-12(9-13)11-5-6-11/h1,3-4,9,11,14,17H,2,5-8H2. The molecule has 1 aromatic rings. The zero-order chi connectivity index (χ0) is 13.5. The number of rotatable bonds is 7. The quantitative estimate of drug-likeness (QED) is 0.350. The predicted molar refractivity (Wildman–Crippen MR) is 73.4 cm³/mol. The second-order valence-electron chi connectivity index (χ2n) is 4.77. The van der Waals surface area contributed by atoms with Crippen LogP contribution in [-0.2, 0) is 0 Å². The lowest BCUT2D eigenvalue weighted by Gasteiger charge is -2.12. The van der Waals surface area contributed by atoms with Gasteiger partial charge in [-0.05, 0) is 48.4 Å². The summed E-state index contributed by atoms with van der Waals surface area (Å²) in [4.78, 5) is 2.70. The molecule has 0 radical (unpaired) electrons. The lowest BCUT2D eigenvalue weighted by molar-refractivity contribution is 0.607. The smallest absolute Gasteiger partial charge is 0.121 e. The summed E-state index contributed by atoms with van der Waals surface area (Å²) in [7, 11) is 0. The molecule has 1 aliphatic rings. The highest BCUT2D eigenvalue weighted by atomic mass is 15.1. The molecular weight excluding hydrogens is 238 g/mol. The number of hydrogen-bond donors (Lipinski definition) is 1. The maximum absolute atomic E-state index is 9.23. The van der Waals surface area contributed by atoms with Crippen molar-refractivity contribution in [3.63, 3.8) is 0 Å². The van der Waals surface area contributed by atoms with Crippen molar-refractivity contribution in [2.24, 2.45) is 5.11 Å². The molecule has 1 fully saturated rings. The molecule has 0 amide bonds. The minimum absolute atomic E-state index is 0.287. The molecule has 0 heterocycles. The Morgan fingerprint density at radius 2 is 2.37 bits per heavy atom. The zero-order valence-corrected chi connectivity index (χ0v) is 10.8. The summed E-state index contributed by atoms with van der Waals surface area (Å²) in [5, 5.41) is 15.9. The highest BCUT2D eigenvalue weighted by molar-refractivity contribution is 5.33. The molecule has 1 saturated carbocycles. The Morgan fingerprint density at radius 1 is 1.53 bits per heavy atom. The number of azide groups is 1. The van der Waals surface area contributed by atoms with Crippen LogP contribution in [0.2, 0.25) is 0 Å². The van der Waals surface area contributed by atoms with Crippen molar-refractivity contribution in [1.82, 2.24) is 5.32 Å². The first-order chi connectivity index (χ1) is 9.35. The lowest BCUT2D eigenvalue weighted by Crippen LogP contribution is -2.21. The highest BCUT2D eigenvalue weighted by Gasteiger charge is 2.24. The van der Waals surface area contributed by atoms with E-state index >= 15 is 0 Å². The van der Waals surface area contributed by atoms with Crippen molar-refractivity contribution in [3.05, 3.63) is 45.8 Å². The van der Waals surface area contributed by atoms with E-state index in [2.05, 4.69) is 33.5 Å². The lowest BCUT2D eigenvalue weighted by atomic mass is 10.0. The first-order valence-corrected chi connectivity index (χ1v) is 6.59. The van der Waals surface area contributed by atoms with E-state index in [9.17, 15) is 5.26 Å². The molecule has 2 rings (SSSR count). The molecule has 0 spiro atoms. The zero-order valence-electron chi connectivity index (χ0n) is 10.8. The largest absolute Gasteiger partial charge is 0.298 e. The first kappa shape index (κ1) is 13.4. The number of nitrogens with one attached hydrogen (secondary N) is 1. The average molecular weight is 255 g/mol. The monoisotopic (exact) mass is 255 g/mol. The minimum atomic E-state index is -0.287. The van der Waals surface area contributed by atoms with E-state index in [1.54, 1.807) is 0 Å². The van der Waals surface area contributed by atoms with Crippen molar-refractivity contribution in [3.8, 4) is 6.07 Å². The molecule has 1 aliphatic carbocycles. The predicted octanol–water partition coefficient (Wildman–Crippen LogP) is 3.42. The minimum Gasteiger partial charge on any atom is -0.298 e. The van der Waals surface area contributed by atoms with Crippen LogP contribution in [0.15, 0.2) is 29.4 Å². The van der Waals surface area contributed by atoms with Crippen LogP contribution in [0.25, 0.3) is 10.4 Å². The molecule has 0 bridgehead atoms. The summed E-state index contributed by atoms with van der Waals surface area (Å²) in [6, 6.07) is 10.3. The summed E-state index contributed by atoms with van der Waals surface area (Å²) in [5.74, 6) is 0.698. The fraction of sp³-hybridized carbons (Fsp3) is 0.500. The molecular formula is C14H17N5. The maximum Gasteiger partial charge on any atom is 0.121 e. The Morgan fingerprint density at radius 3 is 3.05 bits per heavy atom. The second-order valence-corrected chi connectivity index (χ2v) is 4.77. The molecule has 98 valence electrons. The van der Waals surface area contributed by atoms with E-state index in [-0.39, 0.29) is 6.04 Å². The van der Waals surface area contributed by atoms with Crippen LogP contribution in [0.1, 0.15) is 42.3 Å². The van der Waals surface area contributed by atoms with E-state index < -0.39 is 0 Å². The molecule has 1 N–H and O–H groups in total. The van der Waals surface area contributed by atoms with Gasteiger partial charge in [0, 0.05) is 11.5 Å². The molecule has 0 saturated heterocycles. The second kappa shape index (κ2) is 6.79. The topological polar surface area (TPSA) is 84.6 Å². The molecule has 0 aliphatic heterocycles. The molecule has 1 atom stereocenters. The fourth-order valence-electron chi connectivity index (χ4n) is 2.09. The van der Waals surface area contributed by atoms with E-state index in [4.69, 9.17) is 5.53 Å². The summed E-state index contributed by atoms with van der Waals surface area (Å²) < 4.78 is 0. The molecule has 1 unspecified atom stereocenters. The van der Waals surface area contributed by atoms with Gasteiger partial charge in [0.15, 0.2) is 0 Å². The highest BCUT2D eigenvalue weighted by Crippen LogP contribution is 2.40. The average Bonchev–Trinajstić information content (AvgIpc) is 3.28. The van der Waals surface area contributed by atoms with Crippen molar-refractivity contribution in [1.29, 1.82) is 5.26 Å². The van der Waals surface area contributed by atoms with Gasteiger partial charge < -0.3 is 0 Å². The van der Waals surface area contributed by atoms with Gasteiger partial charge in [0.1, 0.15) is 6.04 Å². The summed E-state index contributed by atoms with van der Waals surface area (Å²) in [6.45, 7) is 1.13. The molecule has 5 heteroatoms. The first-order valence-electron chi connectivity index (χ1n) is 6.59. The van der Waals surface area contributed by atoms with E-state index in [0.717, 1.165) is 12.0 Å². The third-order valence-electron chi connectivity index (χ3n) is 3.27. The summed E-state index contributed by atoms with van der Waals surface area (Å²) >= 11 is 0. The number of hydrogen-bond acceptors (Lipinski definition) is 3. The maximum atomic E-state index is 9.23. The van der Waals surface area contributed by atoms with E-state index in [0.29, 0.717) is 19.0 Å². The Kier molecular flexibility index (Phi) is 4.79. The van der Waals surface area contributed by atoms with Crippen LogP contribution in [0.5, 0.6) is 0 Å². The van der Waals surface area contributed by atoms with Crippen LogP contribution < -0.4 is 5.32 Å². The van der Waals surface area contributed by atoms with Gasteiger partial charge in [0.25, 0.3) is 0 Å². The number of benzene rings is 1. The Bertz CT molecular complexity index is 509. The summed E-state index contributed by atoms with van der Waals surface area (Å²) in [6.07, 6.45) is 3.27. The van der Waals surface area contributed by atoms with Crippen LogP contribution in [0.3, 0.4) is 0 Å². The third kappa shape index (κ3) is 3.99. The molecule has 1 aromatic carbocycles. The van der Waals surface area contributed by atoms with Crippen LogP contribution >= 0.6 is 0 Å². The van der Waals surface area contributed by atoms with E-state index in [1.807, 2.05) is 12.1 Å². The Labute approximate surface area is 112 Å². The van der Waals surface area contributed by atoms with Crippen molar-refractivity contribution in [2.75, 3.05) is 13.1 Å². The number of nitrogens with zero attached hydrogens (tertiary/aromatic N) is 4. The van der Waals surface area contributed by atoms with Gasteiger partial charge in [0.05, 0.1) is 6.07 Å². The van der Waals surface area contributed by atoms with E-state index in [1.165, 1.54) is 18.4 Å². The van der Waals surface area contributed by atoms with Gasteiger partial charge >= 0.3 is 0 Å². The van der Waals surface area contributed by atoms with Crippen molar-refractivity contribution >= 4 is 0 Å². The normalized spacial score (nSPS) is 15.3. The van der Waals surface area contributed by atoms with Gasteiger partial charge in [0.2, 0.25) is 0 Å². The van der Waals surface area contributed by atoms with Gasteiger partial charge in [-0.2, -0.15) is 5.26 Å². The van der Waals surface area contributed by atoms with Crippen LogP contribution in [0.4, 0.5) is 0 Å². The molecule has 0 aromatic heterocycles.